The zero-order valence-electron chi connectivity index (χ0n) is 13.2. The third-order valence-electron chi connectivity index (χ3n) is 4.56. The van der Waals surface area contributed by atoms with Crippen molar-refractivity contribution in [2.45, 2.75) is 37.0 Å². The first-order valence-electron chi connectivity index (χ1n) is 8.09. The number of nitrogens with zero attached hydrogens (tertiary/aromatic N) is 1. The van der Waals surface area contributed by atoms with Crippen molar-refractivity contribution < 1.29 is 13.4 Å². The monoisotopic (exact) mass is 355 g/mol. The van der Waals surface area contributed by atoms with Gasteiger partial charge in [0.25, 0.3) is 0 Å². The number of likely N-dealkylation sites (tertiary alicyclic amines) is 1. The summed E-state index contributed by atoms with van der Waals surface area (Å²) in [5, 5.41) is 0.370. The van der Waals surface area contributed by atoms with Gasteiger partial charge in [0.15, 0.2) is 5.78 Å². The van der Waals surface area contributed by atoms with Crippen LogP contribution in [0.1, 0.15) is 37.3 Å². The lowest BCUT2D eigenvalue weighted by molar-refractivity contribution is -0.126. The Morgan fingerprint density at radius 3 is 2.48 bits per heavy atom. The van der Waals surface area contributed by atoms with Gasteiger partial charge in [-0.15, -0.1) is 0 Å². The van der Waals surface area contributed by atoms with E-state index in [1.807, 2.05) is 0 Å². The van der Waals surface area contributed by atoms with Gasteiger partial charge in [0, 0.05) is 36.1 Å². The lowest BCUT2D eigenvalue weighted by Crippen LogP contribution is -2.41. The smallest absolute Gasteiger partial charge is 0.157 e. The second kappa shape index (κ2) is 7.45. The Hall–Kier alpha value is -0.720. The Balaban J connectivity index is 1.76. The molecule has 0 aromatic heterocycles. The van der Waals surface area contributed by atoms with Gasteiger partial charge in [-0.2, -0.15) is 0 Å². The lowest BCUT2D eigenvalue weighted by Gasteiger charge is -2.36. The molecule has 0 spiro atoms. The number of benzene rings is 1. The zero-order valence-corrected chi connectivity index (χ0v) is 14.9. The van der Waals surface area contributed by atoms with Crippen molar-refractivity contribution in [1.29, 1.82) is 0 Å². The van der Waals surface area contributed by atoms with Crippen molar-refractivity contribution in [2.24, 2.45) is 5.92 Å². The van der Waals surface area contributed by atoms with Crippen LogP contribution in [0.15, 0.2) is 24.3 Å². The van der Waals surface area contributed by atoms with Crippen LogP contribution in [0, 0.1) is 11.7 Å². The van der Waals surface area contributed by atoms with E-state index in [2.05, 4.69) is 4.90 Å². The number of ketones is 1. The van der Waals surface area contributed by atoms with E-state index in [0.717, 1.165) is 38.8 Å². The SMILES string of the molecule is CS(=O)SC1CCN(C(C(=O)C2CC2)c2ccccc2F)CC1. The van der Waals surface area contributed by atoms with Crippen molar-refractivity contribution in [3.63, 3.8) is 0 Å². The van der Waals surface area contributed by atoms with Gasteiger partial charge in [-0.25, -0.2) is 8.60 Å². The van der Waals surface area contributed by atoms with E-state index in [1.165, 1.54) is 16.9 Å². The number of hydrogen-bond donors (Lipinski definition) is 0. The molecule has 1 aromatic rings. The van der Waals surface area contributed by atoms with E-state index in [4.69, 9.17) is 0 Å². The maximum Gasteiger partial charge on any atom is 0.157 e. The van der Waals surface area contributed by atoms with E-state index >= 15 is 0 Å². The van der Waals surface area contributed by atoms with Gasteiger partial charge in [-0.1, -0.05) is 29.0 Å². The molecule has 126 valence electrons. The summed E-state index contributed by atoms with van der Waals surface area (Å²) in [5.41, 5.74) is 0.509. The van der Waals surface area contributed by atoms with E-state index in [0.29, 0.717) is 10.8 Å². The largest absolute Gasteiger partial charge is 0.297 e. The summed E-state index contributed by atoms with van der Waals surface area (Å²) in [4.78, 5) is 14.9. The third-order valence-corrected chi connectivity index (χ3v) is 7.21. The molecular weight excluding hydrogens is 333 g/mol. The summed E-state index contributed by atoms with van der Waals surface area (Å²) < 4.78 is 25.6. The van der Waals surface area contributed by atoms with Crippen molar-refractivity contribution in [3.8, 4) is 0 Å². The molecule has 3 nitrogen and oxygen atoms in total. The fraction of sp³-hybridized carbons (Fsp3) is 0.588. The number of carbonyl (C=O) groups is 1. The van der Waals surface area contributed by atoms with Gasteiger partial charge in [-0.3, -0.25) is 9.69 Å². The van der Waals surface area contributed by atoms with E-state index in [9.17, 15) is 13.4 Å². The van der Waals surface area contributed by atoms with Crippen LogP contribution in [-0.4, -0.2) is 39.5 Å². The maximum atomic E-state index is 14.3. The Kier molecular flexibility index (Phi) is 5.54. The van der Waals surface area contributed by atoms with Crippen LogP contribution in [-0.2, 0) is 14.6 Å². The molecule has 2 aliphatic rings. The van der Waals surface area contributed by atoms with Crippen LogP contribution in [0.25, 0.3) is 0 Å². The molecule has 1 aliphatic heterocycles. The molecule has 1 saturated carbocycles. The number of hydrogen-bond acceptors (Lipinski definition) is 4. The molecule has 1 heterocycles. The van der Waals surface area contributed by atoms with Crippen molar-refractivity contribution in [2.75, 3.05) is 19.3 Å². The Bertz CT molecular complexity index is 598. The Morgan fingerprint density at radius 1 is 1.26 bits per heavy atom. The molecule has 0 N–H and O–H groups in total. The molecule has 0 bridgehead atoms. The molecule has 1 aromatic carbocycles. The molecule has 23 heavy (non-hydrogen) atoms. The molecule has 3 rings (SSSR count). The second-order valence-corrected chi connectivity index (χ2v) is 9.98. The van der Waals surface area contributed by atoms with Gasteiger partial charge < -0.3 is 0 Å². The standard InChI is InChI=1S/C17H22FNO2S2/c1-23(21)22-13-8-10-19(11-9-13)16(17(20)12-6-7-12)14-4-2-3-5-15(14)18/h2-5,12-13,16H,6-11H2,1H3. The fourth-order valence-corrected chi connectivity index (χ4v) is 5.75. The summed E-state index contributed by atoms with van der Waals surface area (Å²) in [6.45, 7) is 1.51. The minimum atomic E-state index is -0.860. The normalized spacial score (nSPS) is 22.7. The van der Waals surface area contributed by atoms with Gasteiger partial charge in [0.05, 0.1) is 15.9 Å². The molecule has 2 fully saturated rings. The minimum Gasteiger partial charge on any atom is -0.297 e. The van der Waals surface area contributed by atoms with Crippen LogP contribution in [0.5, 0.6) is 0 Å². The predicted molar refractivity (Wildman–Crippen MR) is 93.1 cm³/mol. The summed E-state index contributed by atoms with van der Waals surface area (Å²) in [6.07, 6.45) is 5.37. The highest BCUT2D eigenvalue weighted by molar-refractivity contribution is 8.69. The average molecular weight is 356 g/mol. The first-order valence-corrected chi connectivity index (χ1v) is 11.0. The topological polar surface area (TPSA) is 37.4 Å². The molecule has 0 amide bonds. The van der Waals surface area contributed by atoms with Crippen molar-refractivity contribution in [1.82, 2.24) is 4.90 Å². The molecular formula is C17H22FNO2S2. The summed E-state index contributed by atoms with van der Waals surface area (Å²) >= 11 is 0. The Morgan fingerprint density at radius 2 is 1.91 bits per heavy atom. The van der Waals surface area contributed by atoms with E-state index in [1.54, 1.807) is 24.5 Å². The van der Waals surface area contributed by atoms with Crippen LogP contribution >= 0.6 is 10.8 Å². The molecule has 0 radical (unpaired) electrons. The van der Waals surface area contributed by atoms with Gasteiger partial charge >= 0.3 is 0 Å². The lowest BCUT2D eigenvalue weighted by atomic mass is 9.95. The number of carbonyl (C=O) groups excluding carboxylic acids is 1. The number of piperidine rings is 1. The number of Topliss-reactive ketones (excluding diaryl/α,β-unsaturated/α-hetero) is 1. The van der Waals surface area contributed by atoms with Crippen LogP contribution in [0.3, 0.4) is 0 Å². The summed E-state index contributed by atoms with van der Waals surface area (Å²) in [5.74, 6) is -0.0206. The quantitative estimate of drug-likeness (QED) is 0.734. The van der Waals surface area contributed by atoms with E-state index < -0.39 is 15.9 Å². The highest BCUT2D eigenvalue weighted by Crippen LogP contribution is 2.39. The number of halogens is 1. The molecule has 1 aliphatic carbocycles. The molecule has 1 saturated heterocycles. The molecule has 2 unspecified atom stereocenters. The summed E-state index contributed by atoms with van der Waals surface area (Å²) in [7, 11) is 0.642. The predicted octanol–water partition coefficient (Wildman–Crippen LogP) is 3.34. The molecule has 6 heteroatoms. The Labute approximate surface area is 142 Å². The second-order valence-electron chi connectivity index (χ2n) is 6.33. The maximum absolute atomic E-state index is 14.3. The summed E-state index contributed by atoms with van der Waals surface area (Å²) in [6, 6.07) is 6.18. The van der Waals surface area contributed by atoms with Crippen molar-refractivity contribution >= 4 is 26.4 Å². The molecule has 2 atom stereocenters. The average Bonchev–Trinajstić information content (AvgIpc) is 3.35. The third kappa shape index (κ3) is 4.22. The van der Waals surface area contributed by atoms with Crippen LogP contribution in [0.4, 0.5) is 4.39 Å². The number of rotatable bonds is 6. The minimum absolute atomic E-state index is 0.106. The fourth-order valence-electron chi connectivity index (χ4n) is 3.24. The van der Waals surface area contributed by atoms with Crippen LogP contribution < -0.4 is 0 Å². The highest BCUT2D eigenvalue weighted by Gasteiger charge is 2.40. The van der Waals surface area contributed by atoms with Crippen LogP contribution in [0.2, 0.25) is 0 Å². The first-order chi connectivity index (χ1) is 11.1. The first kappa shape index (κ1) is 17.1. The highest BCUT2D eigenvalue weighted by atomic mass is 33.1. The zero-order chi connectivity index (χ0) is 16.4. The van der Waals surface area contributed by atoms with Gasteiger partial charge in [-0.05, 0) is 31.7 Å². The van der Waals surface area contributed by atoms with Gasteiger partial charge in [0.1, 0.15) is 5.82 Å². The van der Waals surface area contributed by atoms with E-state index in [-0.39, 0.29) is 17.5 Å². The van der Waals surface area contributed by atoms with Crippen molar-refractivity contribution in [3.05, 3.63) is 35.6 Å². The van der Waals surface area contributed by atoms with Gasteiger partial charge in [0.2, 0.25) is 0 Å².